The summed E-state index contributed by atoms with van der Waals surface area (Å²) in [5.41, 5.74) is 2.68. The van der Waals surface area contributed by atoms with Crippen LogP contribution in [0.15, 0.2) is 29.3 Å². The van der Waals surface area contributed by atoms with Crippen LogP contribution in [-0.4, -0.2) is 32.8 Å². The molecule has 2 N–H and O–H groups in total. The van der Waals surface area contributed by atoms with Gasteiger partial charge in [0, 0.05) is 26.1 Å². The van der Waals surface area contributed by atoms with E-state index in [2.05, 4.69) is 60.7 Å². The average Bonchev–Trinajstić information content (AvgIpc) is 3.04. The van der Waals surface area contributed by atoms with Crippen molar-refractivity contribution >= 4 is 5.96 Å². The van der Waals surface area contributed by atoms with E-state index in [0.29, 0.717) is 11.8 Å². The average molecular weight is 317 g/mol. The molecule has 1 fully saturated rings. The molecule has 0 bridgehead atoms. The molecular weight excluding hydrogens is 286 g/mol. The Morgan fingerprint density at radius 2 is 2.00 bits per heavy atom. The first-order valence-corrected chi connectivity index (χ1v) is 8.72. The first-order chi connectivity index (χ1) is 11.1. The minimum Gasteiger partial charge on any atom is -0.381 e. The van der Waals surface area contributed by atoms with Crippen molar-refractivity contribution in [1.29, 1.82) is 0 Å². The quantitative estimate of drug-likeness (QED) is 0.626. The number of nitrogens with one attached hydrogen (secondary N) is 2. The highest BCUT2D eigenvalue weighted by Crippen LogP contribution is 2.15. The van der Waals surface area contributed by atoms with Crippen molar-refractivity contribution < 1.29 is 4.74 Å². The molecule has 2 atom stereocenters. The summed E-state index contributed by atoms with van der Waals surface area (Å²) in [5, 5.41) is 6.87. The molecule has 0 spiro atoms. The molecule has 4 nitrogen and oxygen atoms in total. The number of hydrogen-bond donors (Lipinski definition) is 2. The SMILES string of the molecule is CN=C(NCC1CCOC1)NC(C)c1ccc(CC(C)C)cc1. The summed E-state index contributed by atoms with van der Waals surface area (Å²) in [6.45, 7) is 9.34. The molecule has 1 heterocycles. The van der Waals surface area contributed by atoms with Crippen LogP contribution in [0.2, 0.25) is 0 Å². The van der Waals surface area contributed by atoms with Crippen LogP contribution in [0, 0.1) is 11.8 Å². The molecule has 1 aromatic rings. The molecule has 128 valence electrons. The topological polar surface area (TPSA) is 45.7 Å². The van der Waals surface area contributed by atoms with E-state index in [1.165, 1.54) is 11.1 Å². The second kappa shape index (κ2) is 8.92. The maximum absolute atomic E-state index is 5.41. The van der Waals surface area contributed by atoms with Crippen LogP contribution in [0.1, 0.15) is 44.4 Å². The Morgan fingerprint density at radius 3 is 2.57 bits per heavy atom. The van der Waals surface area contributed by atoms with Gasteiger partial charge in [0.05, 0.1) is 12.6 Å². The standard InChI is InChI=1S/C19H31N3O/c1-14(2)11-16-5-7-18(8-6-16)15(3)22-19(20-4)21-12-17-9-10-23-13-17/h5-8,14-15,17H,9-13H2,1-4H3,(H2,20,21,22). The first kappa shape index (κ1) is 17.8. The van der Waals surface area contributed by atoms with Gasteiger partial charge in [-0.3, -0.25) is 4.99 Å². The summed E-state index contributed by atoms with van der Waals surface area (Å²) < 4.78 is 5.41. The fourth-order valence-corrected chi connectivity index (χ4v) is 2.88. The third-order valence-corrected chi connectivity index (χ3v) is 4.28. The molecule has 0 aromatic heterocycles. The number of benzene rings is 1. The maximum Gasteiger partial charge on any atom is 0.191 e. The van der Waals surface area contributed by atoms with Crippen molar-refractivity contribution in [3.63, 3.8) is 0 Å². The van der Waals surface area contributed by atoms with Crippen LogP contribution < -0.4 is 10.6 Å². The molecule has 2 unspecified atom stereocenters. The molecule has 4 heteroatoms. The Balaban J connectivity index is 1.84. The van der Waals surface area contributed by atoms with Crippen molar-refractivity contribution in [3.8, 4) is 0 Å². The molecule has 0 radical (unpaired) electrons. The summed E-state index contributed by atoms with van der Waals surface area (Å²) in [5.74, 6) is 2.15. The first-order valence-electron chi connectivity index (χ1n) is 8.72. The van der Waals surface area contributed by atoms with Gasteiger partial charge in [-0.25, -0.2) is 0 Å². The maximum atomic E-state index is 5.41. The van der Waals surface area contributed by atoms with Gasteiger partial charge >= 0.3 is 0 Å². The smallest absolute Gasteiger partial charge is 0.191 e. The zero-order valence-corrected chi connectivity index (χ0v) is 14.9. The van der Waals surface area contributed by atoms with Gasteiger partial charge in [0.15, 0.2) is 5.96 Å². The molecule has 2 rings (SSSR count). The van der Waals surface area contributed by atoms with Gasteiger partial charge in [-0.2, -0.15) is 0 Å². The van der Waals surface area contributed by atoms with Gasteiger partial charge < -0.3 is 15.4 Å². The van der Waals surface area contributed by atoms with Crippen molar-refractivity contribution in [2.24, 2.45) is 16.8 Å². The molecule has 0 amide bonds. The molecule has 1 aliphatic rings. The lowest BCUT2D eigenvalue weighted by molar-refractivity contribution is 0.186. The number of rotatable bonds is 6. The summed E-state index contributed by atoms with van der Waals surface area (Å²) in [4.78, 5) is 4.33. The summed E-state index contributed by atoms with van der Waals surface area (Å²) in [6, 6.07) is 9.13. The number of aliphatic imine (C=N–C) groups is 1. The third-order valence-electron chi connectivity index (χ3n) is 4.28. The normalized spacial score (nSPS) is 19.9. The molecule has 0 saturated carbocycles. The van der Waals surface area contributed by atoms with Gasteiger partial charge in [0.2, 0.25) is 0 Å². The summed E-state index contributed by atoms with van der Waals surface area (Å²) in [7, 11) is 1.82. The second-order valence-corrected chi connectivity index (χ2v) is 6.89. The van der Waals surface area contributed by atoms with E-state index >= 15 is 0 Å². The predicted octanol–water partition coefficient (Wildman–Crippen LogP) is 3.15. The minimum absolute atomic E-state index is 0.231. The van der Waals surface area contributed by atoms with E-state index in [4.69, 9.17) is 4.74 Å². The van der Waals surface area contributed by atoms with Gasteiger partial charge in [-0.05, 0) is 36.8 Å². The van der Waals surface area contributed by atoms with Crippen LogP contribution in [0.25, 0.3) is 0 Å². The zero-order valence-electron chi connectivity index (χ0n) is 14.9. The van der Waals surface area contributed by atoms with Crippen LogP contribution >= 0.6 is 0 Å². The highest BCUT2D eigenvalue weighted by atomic mass is 16.5. The largest absolute Gasteiger partial charge is 0.381 e. The highest BCUT2D eigenvalue weighted by molar-refractivity contribution is 5.80. The number of nitrogens with zero attached hydrogens (tertiary/aromatic N) is 1. The Morgan fingerprint density at radius 1 is 1.26 bits per heavy atom. The van der Waals surface area contributed by atoms with Gasteiger partial charge in [-0.1, -0.05) is 38.1 Å². The van der Waals surface area contributed by atoms with Crippen molar-refractivity contribution in [2.45, 2.75) is 39.7 Å². The fourth-order valence-electron chi connectivity index (χ4n) is 2.88. The van der Waals surface area contributed by atoms with Crippen LogP contribution in [0.3, 0.4) is 0 Å². The Hall–Kier alpha value is -1.55. The third kappa shape index (κ3) is 5.87. The molecule has 0 aliphatic carbocycles. The van der Waals surface area contributed by atoms with E-state index in [0.717, 1.165) is 38.6 Å². The van der Waals surface area contributed by atoms with E-state index in [9.17, 15) is 0 Å². The minimum atomic E-state index is 0.231. The van der Waals surface area contributed by atoms with Gasteiger partial charge in [0.1, 0.15) is 0 Å². The Bertz CT molecular complexity index is 490. The van der Waals surface area contributed by atoms with E-state index in [1.54, 1.807) is 0 Å². The Kier molecular flexibility index (Phi) is 6.90. The second-order valence-electron chi connectivity index (χ2n) is 6.89. The zero-order chi connectivity index (χ0) is 16.7. The molecule has 1 saturated heterocycles. The monoisotopic (exact) mass is 317 g/mol. The lowest BCUT2D eigenvalue weighted by atomic mass is 10.00. The van der Waals surface area contributed by atoms with E-state index in [1.807, 2.05) is 7.05 Å². The number of hydrogen-bond acceptors (Lipinski definition) is 2. The van der Waals surface area contributed by atoms with Gasteiger partial charge in [-0.15, -0.1) is 0 Å². The summed E-state index contributed by atoms with van der Waals surface area (Å²) >= 11 is 0. The number of ether oxygens (including phenoxy) is 1. The number of guanidine groups is 1. The molecule has 1 aliphatic heterocycles. The van der Waals surface area contributed by atoms with Gasteiger partial charge in [0.25, 0.3) is 0 Å². The Labute approximate surface area is 140 Å². The van der Waals surface area contributed by atoms with Crippen LogP contribution in [-0.2, 0) is 11.2 Å². The van der Waals surface area contributed by atoms with Crippen LogP contribution in [0.4, 0.5) is 0 Å². The lowest BCUT2D eigenvalue weighted by Crippen LogP contribution is -2.41. The predicted molar refractivity (Wildman–Crippen MR) is 96.8 cm³/mol. The van der Waals surface area contributed by atoms with Crippen molar-refractivity contribution in [1.82, 2.24) is 10.6 Å². The molecular formula is C19H31N3O. The lowest BCUT2D eigenvalue weighted by Gasteiger charge is -2.20. The molecule has 1 aromatic carbocycles. The summed E-state index contributed by atoms with van der Waals surface area (Å²) in [6.07, 6.45) is 2.27. The van der Waals surface area contributed by atoms with E-state index in [-0.39, 0.29) is 6.04 Å². The highest BCUT2D eigenvalue weighted by Gasteiger charge is 2.16. The van der Waals surface area contributed by atoms with E-state index < -0.39 is 0 Å². The van der Waals surface area contributed by atoms with Crippen LogP contribution in [0.5, 0.6) is 0 Å². The van der Waals surface area contributed by atoms with Crippen molar-refractivity contribution in [2.75, 3.05) is 26.8 Å². The fraction of sp³-hybridized carbons (Fsp3) is 0.632. The van der Waals surface area contributed by atoms with Crippen molar-refractivity contribution in [3.05, 3.63) is 35.4 Å². The molecule has 23 heavy (non-hydrogen) atoms.